The third-order valence-electron chi connectivity index (χ3n) is 3.31. The Bertz CT molecular complexity index is 727. The van der Waals surface area contributed by atoms with Crippen LogP contribution in [0.4, 0.5) is 0 Å². The predicted molar refractivity (Wildman–Crippen MR) is 87.1 cm³/mol. The summed E-state index contributed by atoms with van der Waals surface area (Å²) in [4.78, 5) is 15.2. The summed E-state index contributed by atoms with van der Waals surface area (Å²) in [6.45, 7) is 1.88. The zero-order valence-electron chi connectivity index (χ0n) is 12.7. The average Bonchev–Trinajstić information content (AvgIpc) is 2.54. The number of benzene rings is 1. The molecule has 1 aromatic carbocycles. The second-order valence-electron chi connectivity index (χ2n) is 4.72. The number of pyridine rings is 1. The first-order chi connectivity index (χ1) is 10.6. The van der Waals surface area contributed by atoms with Crippen LogP contribution < -0.4 is 14.8 Å². The molecule has 5 nitrogen and oxygen atoms in total. The summed E-state index contributed by atoms with van der Waals surface area (Å²) in [6, 6.07) is 8.63. The Morgan fingerprint density at radius 1 is 1.27 bits per heavy atom. The van der Waals surface area contributed by atoms with Gasteiger partial charge in [-0.15, -0.1) is 0 Å². The Morgan fingerprint density at radius 2 is 2.05 bits per heavy atom. The number of hydrogen-bond acceptors (Lipinski definition) is 4. The van der Waals surface area contributed by atoms with Crippen LogP contribution in [0.25, 0.3) is 0 Å². The van der Waals surface area contributed by atoms with Crippen LogP contribution in [0.3, 0.4) is 0 Å². The zero-order valence-corrected chi connectivity index (χ0v) is 13.5. The van der Waals surface area contributed by atoms with Gasteiger partial charge >= 0.3 is 0 Å². The Kier molecular flexibility index (Phi) is 5.16. The lowest BCUT2D eigenvalue weighted by atomic mass is 10.1. The van der Waals surface area contributed by atoms with Crippen LogP contribution in [-0.4, -0.2) is 25.1 Å². The highest BCUT2D eigenvalue weighted by atomic mass is 32.1. The second-order valence-corrected chi connectivity index (χ2v) is 5.12. The second kappa shape index (κ2) is 7.09. The molecule has 0 spiro atoms. The van der Waals surface area contributed by atoms with Crippen molar-refractivity contribution in [1.82, 2.24) is 10.3 Å². The molecular formula is C16H18N2O3S. The molecule has 22 heavy (non-hydrogen) atoms. The SMILES string of the molecule is COc1ccc(OC)c(C(C)NC(=O)c2ccc[nH]c2=S)c1. The highest BCUT2D eigenvalue weighted by Gasteiger charge is 2.16. The van der Waals surface area contributed by atoms with Crippen molar-refractivity contribution in [2.24, 2.45) is 0 Å². The van der Waals surface area contributed by atoms with Crippen molar-refractivity contribution < 1.29 is 14.3 Å². The number of amides is 1. The molecular weight excluding hydrogens is 300 g/mol. The quantitative estimate of drug-likeness (QED) is 0.831. The summed E-state index contributed by atoms with van der Waals surface area (Å²) in [6.07, 6.45) is 1.69. The maximum absolute atomic E-state index is 12.3. The Hall–Kier alpha value is -2.34. The summed E-state index contributed by atoms with van der Waals surface area (Å²) >= 11 is 5.12. The van der Waals surface area contributed by atoms with E-state index in [1.165, 1.54) is 0 Å². The van der Waals surface area contributed by atoms with Crippen LogP contribution in [0.1, 0.15) is 28.9 Å². The number of carbonyl (C=O) groups excluding carboxylic acids is 1. The van der Waals surface area contributed by atoms with E-state index in [1.807, 2.05) is 25.1 Å². The van der Waals surface area contributed by atoms with E-state index in [9.17, 15) is 4.79 Å². The zero-order chi connectivity index (χ0) is 16.1. The van der Waals surface area contributed by atoms with Crippen molar-refractivity contribution in [2.75, 3.05) is 14.2 Å². The summed E-state index contributed by atoms with van der Waals surface area (Å²) < 4.78 is 11.0. The van der Waals surface area contributed by atoms with Gasteiger partial charge in [-0.05, 0) is 37.3 Å². The molecule has 0 saturated heterocycles. The predicted octanol–water partition coefficient (Wildman–Crippen LogP) is 3.25. The first-order valence-electron chi connectivity index (χ1n) is 6.77. The van der Waals surface area contributed by atoms with Crippen molar-refractivity contribution in [3.63, 3.8) is 0 Å². The number of ether oxygens (including phenoxy) is 2. The molecule has 0 bridgehead atoms. The highest BCUT2D eigenvalue weighted by molar-refractivity contribution is 7.71. The molecule has 1 heterocycles. The van der Waals surface area contributed by atoms with E-state index in [0.717, 1.165) is 5.56 Å². The van der Waals surface area contributed by atoms with Gasteiger partial charge in [-0.25, -0.2) is 0 Å². The molecule has 1 aromatic heterocycles. The van der Waals surface area contributed by atoms with E-state index in [-0.39, 0.29) is 11.9 Å². The monoisotopic (exact) mass is 318 g/mol. The van der Waals surface area contributed by atoms with Crippen LogP contribution in [0.15, 0.2) is 36.5 Å². The number of nitrogens with one attached hydrogen (secondary N) is 2. The van der Waals surface area contributed by atoms with Crippen LogP contribution in [0.5, 0.6) is 11.5 Å². The van der Waals surface area contributed by atoms with Crippen molar-refractivity contribution in [2.45, 2.75) is 13.0 Å². The van der Waals surface area contributed by atoms with Gasteiger partial charge in [0.15, 0.2) is 0 Å². The Morgan fingerprint density at radius 3 is 2.68 bits per heavy atom. The van der Waals surface area contributed by atoms with Gasteiger partial charge in [-0.2, -0.15) is 0 Å². The molecule has 0 aliphatic rings. The lowest BCUT2D eigenvalue weighted by molar-refractivity contribution is 0.0938. The summed E-state index contributed by atoms with van der Waals surface area (Å²) in [5, 5.41) is 2.92. The molecule has 0 aliphatic carbocycles. The molecule has 1 amide bonds. The van der Waals surface area contributed by atoms with Gasteiger partial charge in [0.05, 0.1) is 25.8 Å². The van der Waals surface area contributed by atoms with Gasteiger partial charge in [0, 0.05) is 11.8 Å². The number of aromatic amines is 1. The number of methoxy groups -OCH3 is 2. The summed E-state index contributed by atoms with van der Waals surface area (Å²) in [7, 11) is 3.19. The van der Waals surface area contributed by atoms with E-state index < -0.39 is 0 Å². The number of H-pyrrole nitrogens is 1. The van der Waals surface area contributed by atoms with Crippen LogP contribution in [-0.2, 0) is 0 Å². The maximum atomic E-state index is 12.3. The van der Waals surface area contributed by atoms with E-state index in [4.69, 9.17) is 21.7 Å². The van der Waals surface area contributed by atoms with E-state index >= 15 is 0 Å². The topological polar surface area (TPSA) is 63.4 Å². The first kappa shape index (κ1) is 16.0. The van der Waals surface area contributed by atoms with Crippen molar-refractivity contribution in [3.8, 4) is 11.5 Å². The molecule has 6 heteroatoms. The fraction of sp³-hybridized carbons (Fsp3) is 0.250. The lowest BCUT2D eigenvalue weighted by Gasteiger charge is -2.18. The Balaban J connectivity index is 2.25. The maximum Gasteiger partial charge on any atom is 0.254 e. The first-order valence-corrected chi connectivity index (χ1v) is 7.18. The molecule has 0 radical (unpaired) electrons. The summed E-state index contributed by atoms with van der Waals surface area (Å²) in [5.74, 6) is 1.15. The molecule has 1 atom stereocenters. The van der Waals surface area contributed by atoms with E-state index in [2.05, 4.69) is 10.3 Å². The van der Waals surface area contributed by atoms with Gasteiger partial charge in [0.2, 0.25) is 0 Å². The minimum Gasteiger partial charge on any atom is -0.497 e. The highest BCUT2D eigenvalue weighted by Crippen LogP contribution is 2.29. The van der Waals surface area contributed by atoms with Crippen LogP contribution in [0, 0.1) is 4.64 Å². The number of rotatable bonds is 5. The molecule has 1 unspecified atom stereocenters. The molecule has 2 aromatic rings. The number of carbonyl (C=O) groups is 1. The number of aromatic nitrogens is 1. The lowest BCUT2D eigenvalue weighted by Crippen LogP contribution is -2.27. The largest absolute Gasteiger partial charge is 0.497 e. The minimum atomic E-state index is -0.257. The fourth-order valence-corrected chi connectivity index (χ4v) is 2.36. The van der Waals surface area contributed by atoms with Gasteiger partial charge in [0.25, 0.3) is 5.91 Å². The van der Waals surface area contributed by atoms with Gasteiger partial charge in [0.1, 0.15) is 16.1 Å². The third-order valence-corrected chi connectivity index (χ3v) is 3.65. The minimum absolute atomic E-state index is 0.237. The summed E-state index contributed by atoms with van der Waals surface area (Å²) in [5.41, 5.74) is 1.27. The van der Waals surface area contributed by atoms with Gasteiger partial charge in [-0.3, -0.25) is 4.79 Å². The smallest absolute Gasteiger partial charge is 0.254 e. The van der Waals surface area contributed by atoms with Gasteiger partial charge < -0.3 is 19.8 Å². The molecule has 116 valence electrons. The van der Waals surface area contributed by atoms with Crippen molar-refractivity contribution >= 4 is 18.1 Å². The molecule has 2 N–H and O–H groups in total. The molecule has 2 rings (SSSR count). The van der Waals surface area contributed by atoms with E-state index in [0.29, 0.717) is 21.7 Å². The van der Waals surface area contributed by atoms with Crippen molar-refractivity contribution in [1.29, 1.82) is 0 Å². The standard InChI is InChI=1S/C16H18N2O3S/c1-10(13-9-11(20-2)6-7-14(13)21-3)18-15(19)12-5-4-8-17-16(12)22/h4-10H,1-3H3,(H,17,22)(H,18,19). The molecule has 0 fully saturated rings. The van der Waals surface area contributed by atoms with Crippen molar-refractivity contribution in [3.05, 3.63) is 52.3 Å². The Labute approximate surface area is 134 Å². The van der Waals surface area contributed by atoms with E-state index in [1.54, 1.807) is 32.5 Å². The number of hydrogen-bond donors (Lipinski definition) is 2. The van der Waals surface area contributed by atoms with Crippen LogP contribution in [0.2, 0.25) is 0 Å². The average molecular weight is 318 g/mol. The third kappa shape index (κ3) is 3.46. The molecule has 0 aliphatic heterocycles. The van der Waals surface area contributed by atoms with Crippen LogP contribution >= 0.6 is 12.2 Å². The molecule has 0 saturated carbocycles. The fourth-order valence-electron chi connectivity index (χ4n) is 2.13. The van der Waals surface area contributed by atoms with Gasteiger partial charge in [-0.1, -0.05) is 12.2 Å². The normalized spacial score (nSPS) is 11.6.